The summed E-state index contributed by atoms with van der Waals surface area (Å²) in [6.45, 7) is 6.78. The molecule has 1 N–H and O–H groups in total. The van der Waals surface area contributed by atoms with Gasteiger partial charge in [-0.1, -0.05) is 25.6 Å². The molecule has 3 unspecified atom stereocenters. The molecule has 0 radical (unpaired) electrons. The summed E-state index contributed by atoms with van der Waals surface area (Å²) < 4.78 is 0. The summed E-state index contributed by atoms with van der Waals surface area (Å²) in [6, 6.07) is 0.620. The smallest absolute Gasteiger partial charge is 0.157 e. The lowest BCUT2D eigenvalue weighted by molar-refractivity contribution is 0.466. The minimum atomic E-state index is 0.293. The van der Waals surface area contributed by atoms with E-state index in [1.807, 2.05) is 11.8 Å². The van der Waals surface area contributed by atoms with Crippen molar-refractivity contribution in [2.45, 2.75) is 45.2 Å². The van der Waals surface area contributed by atoms with Crippen molar-refractivity contribution in [3.8, 4) is 0 Å². The van der Waals surface area contributed by atoms with E-state index in [2.05, 4.69) is 31.1 Å². The number of hydrogen-bond acceptors (Lipinski definition) is 2. The highest BCUT2D eigenvalue weighted by atomic mass is 32.2. The molecule has 0 aromatic heterocycles. The lowest BCUT2D eigenvalue weighted by Crippen LogP contribution is -2.39. The second-order valence-corrected chi connectivity index (χ2v) is 5.51. The third-order valence-electron chi connectivity index (χ3n) is 3.07. The van der Waals surface area contributed by atoms with Crippen molar-refractivity contribution in [2.75, 3.05) is 5.75 Å². The predicted molar refractivity (Wildman–Crippen MR) is 59.3 cm³/mol. The molecule has 2 fully saturated rings. The molecule has 1 aliphatic heterocycles. The van der Waals surface area contributed by atoms with Crippen molar-refractivity contribution >= 4 is 16.9 Å². The molecule has 2 aliphatic rings. The van der Waals surface area contributed by atoms with Gasteiger partial charge in [-0.25, -0.2) is 0 Å². The van der Waals surface area contributed by atoms with Gasteiger partial charge in [-0.3, -0.25) is 4.99 Å². The van der Waals surface area contributed by atoms with E-state index >= 15 is 0 Å². The summed E-state index contributed by atoms with van der Waals surface area (Å²) >= 11 is 1.88. The minimum Gasteiger partial charge on any atom is -0.359 e. The average molecular weight is 198 g/mol. The maximum absolute atomic E-state index is 4.68. The Labute approximate surface area is 84.6 Å². The summed E-state index contributed by atoms with van der Waals surface area (Å²) in [5.74, 6) is 1.99. The van der Waals surface area contributed by atoms with Gasteiger partial charge in [0.25, 0.3) is 0 Å². The number of nitrogens with one attached hydrogen (secondary N) is 1. The third kappa shape index (κ3) is 2.01. The molecule has 0 spiro atoms. The van der Waals surface area contributed by atoms with E-state index in [0.717, 1.165) is 5.92 Å². The van der Waals surface area contributed by atoms with Crippen molar-refractivity contribution in [1.29, 1.82) is 0 Å². The van der Waals surface area contributed by atoms with Crippen LogP contribution in [0.3, 0.4) is 0 Å². The van der Waals surface area contributed by atoms with Crippen LogP contribution in [0.2, 0.25) is 0 Å². The van der Waals surface area contributed by atoms with E-state index in [9.17, 15) is 0 Å². The van der Waals surface area contributed by atoms with Gasteiger partial charge < -0.3 is 5.32 Å². The molecule has 0 aromatic carbocycles. The SMILES string of the molecule is CCC1(C)CSC(=NC2CC2C)N1. The van der Waals surface area contributed by atoms with Gasteiger partial charge in [-0.05, 0) is 25.7 Å². The Kier molecular flexibility index (Phi) is 2.30. The minimum absolute atomic E-state index is 0.293. The second-order valence-electron chi connectivity index (χ2n) is 4.54. The second kappa shape index (κ2) is 3.19. The fourth-order valence-corrected chi connectivity index (χ4v) is 2.71. The van der Waals surface area contributed by atoms with E-state index in [1.165, 1.54) is 23.8 Å². The van der Waals surface area contributed by atoms with Crippen LogP contribution in [0.15, 0.2) is 4.99 Å². The molecule has 1 saturated heterocycles. The van der Waals surface area contributed by atoms with Crippen LogP contribution >= 0.6 is 11.8 Å². The zero-order valence-corrected chi connectivity index (χ0v) is 9.45. The molecule has 3 atom stereocenters. The number of nitrogens with zero attached hydrogens (tertiary/aromatic N) is 1. The molecular formula is C10H18N2S. The molecule has 13 heavy (non-hydrogen) atoms. The van der Waals surface area contributed by atoms with Crippen LogP contribution in [-0.2, 0) is 0 Å². The average Bonchev–Trinajstić information content (AvgIpc) is 2.62. The van der Waals surface area contributed by atoms with Crippen LogP contribution in [0.1, 0.15) is 33.6 Å². The molecule has 3 heteroatoms. The number of thioether (sulfide) groups is 1. The van der Waals surface area contributed by atoms with Gasteiger partial charge in [0.15, 0.2) is 5.17 Å². The van der Waals surface area contributed by atoms with Crippen LogP contribution in [0.4, 0.5) is 0 Å². The molecule has 1 saturated carbocycles. The van der Waals surface area contributed by atoms with Gasteiger partial charge in [-0.2, -0.15) is 0 Å². The first-order valence-corrected chi connectivity index (χ1v) is 6.10. The summed E-state index contributed by atoms with van der Waals surface area (Å²) in [4.78, 5) is 4.68. The molecule has 2 rings (SSSR count). The summed E-state index contributed by atoms with van der Waals surface area (Å²) in [5.41, 5.74) is 0.293. The molecule has 0 bridgehead atoms. The summed E-state index contributed by atoms with van der Waals surface area (Å²) in [6.07, 6.45) is 2.47. The largest absolute Gasteiger partial charge is 0.359 e. The number of rotatable bonds is 2. The van der Waals surface area contributed by atoms with Crippen LogP contribution in [0, 0.1) is 5.92 Å². The predicted octanol–water partition coefficient (Wildman–Crippen LogP) is 2.26. The van der Waals surface area contributed by atoms with Gasteiger partial charge >= 0.3 is 0 Å². The number of amidine groups is 1. The summed E-state index contributed by atoms with van der Waals surface area (Å²) in [5, 5.41) is 4.70. The van der Waals surface area contributed by atoms with Gasteiger partial charge in [0.2, 0.25) is 0 Å². The Morgan fingerprint density at radius 1 is 1.69 bits per heavy atom. The maximum Gasteiger partial charge on any atom is 0.157 e. The Morgan fingerprint density at radius 3 is 2.85 bits per heavy atom. The molecule has 0 amide bonds. The fourth-order valence-electron chi connectivity index (χ4n) is 1.45. The maximum atomic E-state index is 4.68. The highest BCUT2D eigenvalue weighted by molar-refractivity contribution is 8.14. The molecular weight excluding hydrogens is 180 g/mol. The van der Waals surface area contributed by atoms with Crippen LogP contribution in [-0.4, -0.2) is 22.5 Å². The van der Waals surface area contributed by atoms with E-state index in [0.29, 0.717) is 11.6 Å². The highest BCUT2D eigenvalue weighted by Gasteiger charge is 2.36. The zero-order chi connectivity index (χ0) is 9.47. The molecule has 2 nitrogen and oxygen atoms in total. The molecule has 0 aromatic rings. The van der Waals surface area contributed by atoms with Crippen molar-refractivity contribution in [2.24, 2.45) is 10.9 Å². The fraction of sp³-hybridized carbons (Fsp3) is 0.900. The van der Waals surface area contributed by atoms with E-state index in [-0.39, 0.29) is 0 Å². The number of aliphatic imine (C=N–C) groups is 1. The Morgan fingerprint density at radius 2 is 2.38 bits per heavy atom. The van der Waals surface area contributed by atoms with Gasteiger partial charge in [0.1, 0.15) is 0 Å². The highest BCUT2D eigenvalue weighted by Crippen LogP contribution is 2.35. The molecule has 1 heterocycles. The topological polar surface area (TPSA) is 24.4 Å². The van der Waals surface area contributed by atoms with Crippen LogP contribution in [0.25, 0.3) is 0 Å². The van der Waals surface area contributed by atoms with Gasteiger partial charge in [-0.15, -0.1) is 0 Å². The summed E-state index contributed by atoms with van der Waals surface area (Å²) in [7, 11) is 0. The quantitative estimate of drug-likeness (QED) is 0.736. The first-order valence-electron chi connectivity index (χ1n) is 5.12. The van der Waals surface area contributed by atoms with Crippen molar-refractivity contribution in [3.05, 3.63) is 0 Å². The first-order chi connectivity index (χ1) is 6.13. The lowest BCUT2D eigenvalue weighted by Gasteiger charge is -2.20. The van der Waals surface area contributed by atoms with Crippen molar-refractivity contribution in [1.82, 2.24) is 5.32 Å². The van der Waals surface area contributed by atoms with Crippen LogP contribution < -0.4 is 5.32 Å². The Hall–Kier alpha value is -0.180. The third-order valence-corrected chi connectivity index (χ3v) is 4.33. The van der Waals surface area contributed by atoms with Gasteiger partial charge in [0, 0.05) is 11.3 Å². The Balaban J connectivity index is 1.94. The van der Waals surface area contributed by atoms with Gasteiger partial charge in [0.05, 0.1) is 6.04 Å². The Bertz CT molecular complexity index is 239. The van der Waals surface area contributed by atoms with Crippen molar-refractivity contribution < 1.29 is 0 Å². The normalized spacial score (nSPS) is 46.5. The van der Waals surface area contributed by atoms with Crippen LogP contribution in [0.5, 0.6) is 0 Å². The monoisotopic (exact) mass is 198 g/mol. The zero-order valence-electron chi connectivity index (χ0n) is 8.63. The van der Waals surface area contributed by atoms with E-state index < -0.39 is 0 Å². The van der Waals surface area contributed by atoms with E-state index in [1.54, 1.807) is 0 Å². The van der Waals surface area contributed by atoms with E-state index in [4.69, 9.17) is 0 Å². The lowest BCUT2D eigenvalue weighted by atomic mass is 10.0. The van der Waals surface area contributed by atoms with Crippen molar-refractivity contribution in [3.63, 3.8) is 0 Å². The number of hydrogen-bond donors (Lipinski definition) is 1. The standard InChI is InChI=1S/C10H18N2S/c1-4-10(3)6-13-9(12-10)11-8-5-7(8)2/h7-8H,4-6H2,1-3H3,(H,11,12). The molecule has 74 valence electrons. The first kappa shape index (κ1) is 9.38. The molecule has 1 aliphatic carbocycles.